The van der Waals surface area contributed by atoms with Crippen molar-refractivity contribution in [3.8, 4) is 34.3 Å². The van der Waals surface area contributed by atoms with Crippen LogP contribution in [0.25, 0.3) is 22.3 Å². The molecule has 0 aliphatic carbocycles. The summed E-state index contributed by atoms with van der Waals surface area (Å²) in [6, 6.07) is 7.81. The Morgan fingerprint density at radius 3 is 2.59 bits per heavy atom. The molecule has 1 aromatic heterocycles. The maximum atomic E-state index is 13.0. The van der Waals surface area contributed by atoms with Crippen molar-refractivity contribution in [2.75, 3.05) is 7.11 Å². The van der Waals surface area contributed by atoms with E-state index in [1.165, 1.54) is 19.2 Å². The fourth-order valence-electron chi connectivity index (χ4n) is 3.28. The van der Waals surface area contributed by atoms with Crippen LogP contribution in [0.3, 0.4) is 0 Å². The quantitative estimate of drug-likeness (QED) is 0.686. The van der Waals surface area contributed by atoms with Crippen molar-refractivity contribution in [3.63, 3.8) is 0 Å². The summed E-state index contributed by atoms with van der Waals surface area (Å²) in [6.07, 6.45) is 0.185. The summed E-state index contributed by atoms with van der Waals surface area (Å²) >= 11 is 0. The van der Waals surface area contributed by atoms with Gasteiger partial charge in [0.15, 0.2) is 5.76 Å². The first-order chi connectivity index (χ1) is 12.9. The van der Waals surface area contributed by atoms with Gasteiger partial charge in [0.05, 0.1) is 7.11 Å². The number of rotatable bonds is 3. The van der Waals surface area contributed by atoms with Crippen LogP contribution in [0.5, 0.6) is 23.0 Å². The Morgan fingerprint density at radius 2 is 1.96 bits per heavy atom. The van der Waals surface area contributed by atoms with E-state index in [0.717, 1.165) is 5.57 Å². The third-order valence-electron chi connectivity index (χ3n) is 4.72. The molecule has 2 N–H and O–H groups in total. The van der Waals surface area contributed by atoms with E-state index in [1.54, 1.807) is 18.2 Å². The van der Waals surface area contributed by atoms with E-state index >= 15 is 0 Å². The molecule has 0 radical (unpaired) electrons. The van der Waals surface area contributed by atoms with Crippen LogP contribution in [0.4, 0.5) is 0 Å². The molecule has 1 aliphatic heterocycles. The van der Waals surface area contributed by atoms with E-state index in [2.05, 4.69) is 6.58 Å². The topological polar surface area (TPSA) is 89.1 Å². The van der Waals surface area contributed by atoms with Crippen molar-refractivity contribution in [1.29, 1.82) is 0 Å². The van der Waals surface area contributed by atoms with E-state index in [1.807, 2.05) is 6.92 Å². The van der Waals surface area contributed by atoms with Gasteiger partial charge in [-0.2, -0.15) is 0 Å². The molecule has 1 atom stereocenters. The molecule has 6 heteroatoms. The van der Waals surface area contributed by atoms with Gasteiger partial charge in [0.25, 0.3) is 0 Å². The van der Waals surface area contributed by atoms with Gasteiger partial charge in [-0.3, -0.25) is 4.79 Å². The molecule has 3 aromatic rings. The largest absolute Gasteiger partial charge is 0.508 e. The monoisotopic (exact) mass is 366 g/mol. The van der Waals surface area contributed by atoms with Crippen LogP contribution in [-0.2, 0) is 6.42 Å². The van der Waals surface area contributed by atoms with Crippen LogP contribution < -0.4 is 14.9 Å². The molecule has 0 spiro atoms. The summed E-state index contributed by atoms with van der Waals surface area (Å²) in [5.41, 5.74) is 1.67. The normalized spacial score (nSPS) is 15.4. The van der Waals surface area contributed by atoms with Crippen molar-refractivity contribution in [3.05, 3.63) is 58.3 Å². The molecule has 4 rings (SSSR count). The molecule has 1 unspecified atom stereocenters. The van der Waals surface area contributed by atoms with Gasteiger partial charge in [0.1, 0.15) is 34.3 Å². The lowest BCUT2D eigenvalue weighted by molar-refractivity contribution is 0.271. The lowest BCUT2D eigenvalue weighted by Gasteiger charge is -2.11. The first-order valence-electron chi connectivity index (χ1n) is 8.41. The fraction of sp³-hybridized carbons (Fsp3) is 0.190. The lowest BCUT2D eigenvalue weighted by atomic mass is 10.0. The number of methoxy groups -OCH3 is 1. The number of phenolic OH excluding ortho intramolecular Hbond substituents is 2. The Labute approximate surface area is 154 Å². The number of ether oxygens (including phenoxy) is 2. The number of phenols is 2. The molecule has 0 amide bonds. The molecule has 0 fully saturated rings. The van der Waals surface area contributed by atoms with Crippen LogP contribution in [0.1, 0.15) is 12.5 Å². The maximum Gasteiger partial charge on any atom is 0.239 e. The van der Waals surface area contributed by atoms with Crippen LogP contribution in [0, 0.1) is 0 Å². The molecule has 0 saturated carbocycles. The lowest BCUT2D eigenvalue weighted by Crippen LogP contribution is -2.13. The molecule has 0 bridgehead atoms. The second kappa shape index (κ2) is 6.09. The molecule has 6 nitrogen and oxygen atoms in total. The zero-order chi connectivity index (χ0) is 19.3. The predicted molar refractivity (Wildman–Crippen MR) is 101 cm³/mol. The Bertz CT molecular complexity index is 1120. The third-order valence-corrected chi connectivity index (χ3v) is 4.72. The average Bonchev–Trinajstić information content (AvgIpc) is 3.07. The molecule has 138 valence electrons. The molecular formula is C21H18O6. The number of aromatic hydroxyl groups is 2. The van der Waals surface area contributed by atoms with Crippen LogP contribution in [-0.4, -0.2) is 23.4 Å². The smallest absolute Gasteiger partial charge is 0.239 e. The van der Waals surface area contributed by atoms with Gasteiger partial charge in [-0.1, -0.05) is 6.58 Å². The van der Waals surface area contributed by atoms with E-state index in [-0.39, 0.29) is 40.1 Å². The van der Waals surface area contributed by atoms with Crippen molar-refractivity contribution < 1.29 is 24.1 Å². The number of hydrogen-bond donors (Lipinski definition) is 2. The number of fused-ring (bicyclic) bond motifs is 2. The van der Waals surface area contributed by atoms with Crippen molar-refractivity contribution in [1.82, 2.24) is 0 Å². The second-order valence-electron chi connectivity index (χ2n) is 6.57. The van der Waals surface area contributed by atoms with Gasteiger partial charge < -0.3 is 24.1 Å². The van der Waals surface area contributed by atoms with Gasteiger partial charge in [-0.05, 0) is 36.8 Å². The summed E-state index contributed by atoms with van der Waals surface area (Å²) in [6.45, 7) is 5.74. The minimum atomic E-state index is -0.471. The van der Waals surface area contributed by atoms with Crippen molar-refractivity contribution in [2.24, 2.45) is 0 Å². The molecular weight excluding hydrogens is 348 g/mol. The zero-order valence-electron chi connectivity index (χ0n) is 14.9. The Hall–Kier alpha value is -3.41. The predicted octanol–water partition coefficient (Wildman–Crippen LogP) is 3.76. The fourth-order valence-corrected chi connectivity index (χ4v) is 3.28. The summed E-state index contributed by atoms with van der Waals surface area (Å²) < 4.78 is 17.0. The highest BCUT2D eigenvalue weighted by Crippen LogP contribution is 2.43. The van der Waals surface area contributed by atoms with Gasteiger partial charge in [0, 0.05) is 23.6 Å². The Kier molecular flexibility index (Phi) is 3.84. The van der Waals surface area contributed by atoms with E-state index in [0.29, 0.717) is 23.3 Å². The molecule has 2 heterocycles. The SMILES string of the molecule is C=C(C)C1Cc2c(cc3oc(-c4ccc(O)cc4)c(OC)c(=O)c3c2O)O1. The standard InChI is InChI=1S/C21H18O6/c1-10(2)14-8-13-15(26-14)9-16-17(18(13)23)19(24)21(25-3)20(27-16)11-4-6-12(22)7-5-11/h4-7,9,14,22-23H,1,8H2,2-3H3. The van der Waals surface area contributed by atoms with Crippen molar-refractivity contribution in [2.45, 2.75) is 19.4 Å². The first kappa shape index (κ1) is 17.0. The van der Waals surface area contributed by atoms with Crippen molar-refractivity contribution >= 4 is 11.0 Å². The summed E-state index contributed by atoms with van der Waals surface area (Å²) in [5, 5.41) is 20.3. The summed E-state index contributed by atoms with van der Waals surface area (Å²) in [7, 11) is 1.37. The highest BCUT2D eigenvalue weighted by atomic mass is 16.5. The number of hydrogen-bond acceptors (Lipinski definition) is 6. The number of benzene rings is 2. The van der Waals surface area contributed by atoms with Gasteiger partial charge >= 0.3 is 0 Å². The van der Waals surface area contributed by atoms with Gasteiger partial charge in [-0.15, -0.1) is 0 Å². The van der Waals surface area contributed by atoms with E-state index in [9.17, 15) is 15.0 Å². The van der Waals surface area contributed by atoms with E-state index in [4.69, 9.17) is 13.9 Å². The highest BCUT2D eigenvalue weighted by molar-refractivity contribution is 5.90. The van der Waals surface area contributed by atoms with Crippen LogP contribution >= 0.6 is 0 Å². The second-order valence-corrected chi connectivity index (χ2v) is 6.57. The average molecular weight is 366 g/mol. The van der Waals surface area contributed by atoms with Gasteiger partial charge in [0.2, 0.25) is 11.2 Å². The van der Waals surface area contributed by atoms with Gasteiger partial charge in [-0.25, -0.2) is 0 Å². The summed E-state index contributed by atoms with van der Waals surface area (Å²) in [5.74, 6) is 0.603. The maximum absolute atomic E-state index is 13.0. The highest BCUT2D eigenvalue weighted by Gasteiger charge is 2.30. The minimum absolute atomic E-state index is 0.0150. The molecule has 27 heavy (non-hydrogen) atoms. The third kappa shape index (κ3) is 2.61. The van der Waals surface area contributed by atoms with Crippen LogP contribution in [0.15, 0.2) is 51.7 Å². The minimum Gasteiger partial charge on any atom is -0.508 e. The zero-order valence-corrected chi connectivity index (χ0v) is 14.9. The Balaban J connectivity index is 1.99. The molecule has 2 aromatic carbocycles. The first-order valence-corrected chi connectivity index (χ1v) is 8.41. The summed E-state index contributed by atoms with van der Waals surface area (Å²) in [4.78, 5) is 13.0. The van der Waals surface area contributed by atoms with Crippen LogP contribution in [0.2, 0.25) is 0 Å². The molecule has 0 saturated heterocycles. The Morgan fingerprint density at radius 1 is 1.26 bits per heavy atom. The molecule has 1 aliphatic rings. The van der Waals surface area contributed by atoms with E-state index < -0.39 is 5.43 Å².